The van der Waals surface area contributed by atoms with Gasteiger partial charge in [0, 0.05) is 5.92 Å². The molecule has 0 unspecified atom stereocenters. The first kappa shape index (κ1) is 14.2. The van der Waals surface area contributed by atoms with E-state index >= 15 is 0 Å². The van der Waals surface area contributed by atoms with Gasteiger partial charge in [0.15, 0.2) is 5.82 Å². The van der Waals surface area contributed by atoms with Gasteiger partial charge in [-0.2, -0.15) is 0 Å². The van der Waals surface area contributed by atoms with Crippen LogP contribution in [0.25, 0.3) is 0 Å². The molecule has 0 atom stereocenters. The fraction of sp³-hybridized carbons (Fsp3) is 0.364. The summed E-state index contributed by atoms with van der Waals surface area (Å²) in [6, 6.07) is 1.29. The molecule has 0 bridgehead atoms. The van der Waals surface area contributed by atoms with Gasteiger partial charge in [-0.3, -0.25) is 15.6 Å². The van der Waals surface area contributed by atoms with Crippen molar-refractivity contribution in [2.24, 2.45) is 5.92 Å². The average Bonchev–Trinajstić information content (AvgIpc) is 2.29. The lowest BCUT2D eigenvalue weighted by Gasteiger charge is -2.12. The first-order valence-electron chi connectivity index (χ1n) is 5.29. The molecule has 18 heavy (non-hydrogen) atoms. The van der Waals surface area contributed by atoms with Crippen LogP contribution in [0, 0.1) is 12.8 Å². The molecule has 1 heterocycles. The van der Waals surface area contributed by atoms with E-state index in [9.17, 15) is 9.59 Å². The Balaban J connectivity index is 2.97. The Morgan fingerprint density at radius 2 is 2.06 bits per heavy atom. The molecule has 1 aromatic heterocycles. The number of nitrogens with one attached hydrogen (secondary N) is 2. The van der Waals surface area contributed by atoms with E-state index in [1.165, 1.54) is 6.07 Å². The van der Waals surface area contributed by atoms with Gasteiger partial charge in [0.05, 0.1) is 10.7 Å². The van der Waals surface area contributed by atoms with Crippen molar-refractivity contribution in [2.45, 2.75) is 20.8 Å². The van der Waals surface area contributed by atoms with Crippen LogP contribution in [0.1, 0.15) is 29.9 Å². The molecule has 6 nitrogen and oxygen atoms in total. The Kier molecular flexibility index (Phi) is 4.49. The van der Waals surface area contributed by atoms with Crippen molar-refractivity contribution in [3.63, 3.8) is 0 Å². The van der Waals surface area contributed by atoms with Crippen LogP contribution < -0.4 is 10.9 Å². The van der Waals surface area contributed by atoms with Crippen LogP contribution in [0.2, 0.25) is 5.02 Å². The molecule has 0 saturated heterocycles. The second kappa shape index (κ2) is 5.68. The number of hydrazine groups is 1. The Morgan fingerprint density at radius 1 is 1.44 bits per heavy atom. The van der Waals surface area contributed by atoms with Crippen molar-refractivity contribution in [2.75, 3.05) is 5.43 Å². The third kappa shape index (κ3) is 3.33. The highest BCUT2D eigenvalue weighted by Gasteiger charge is 2.15. The van der Waals surface area contributed by atoms with E-state index in [0.29, 0.717) is 5.69 Å². The first-order chi connectivity index (χ1) is 8.32. The normalized spacial score (nSPS) is 10.3. The number of nitrogens with zero attached hydrogens (tertiary/aromatic N) is 1. The Morgan fingerprint density at radius 3 is 2.56 bits per heavy atom. The summed E-state index contributed by atoms with van der Waals surface area (Å²) in [7, 11) is 0. The number of carboxylic acids is 1. The lowest BCUT2D eigenvalue weighted by atomic mass is 10.2. The third-order valence-electron chi connectivity index (χ3n) is 2.21. The molecule has 7 heteroatoms. The van der Waals surface area contributed by atoms with E-state index in [1.807, 2.05) is 0 Å². The average molecular weight is 272 g/mol. The molecule has 0 aromatic carbocycles. The van der Waals surface area contributed by atoms with E-state index in [1.54, 1.807) is 20.8 Å². The number of halogens is 1. The van der Waals surface area contributed by atoms with Gasteiger partial charge in [-0.15, -0.1) is 0 Å². The van der Waals surface area contributed by atoms with E-state index in [-0.39, 0.29) is 28.2 Å². The second-order valence-electron chi connectivity index (χ2n) is 4.03. The topological polar surface area (TPSA) is 91.3 Å². The van der Waals surface area contributed by atoms with Gasteiger partial charge in [-0.1, -0.05) is 25.4 Å². The van der Waals surface area contributed by atoms with Gasteiger partial charge >= 0.3 is 5.97 Å². The van der Waals surface area contributed by atoms with Crippen molar-refractivity contribution in [3.05, 3.63) is 22.3 Å². The molecule has 0 spiro atoms. The number of pyridine rings is 1. The van der Waals surface area contributed by atoms with Gasteiger partial charge < -0.3 is 5.11 Å². The summed E-state index contributed by atoms with van der Waals surface area (Å²) in [5, 5.41) is 9.26. The number of carbonyl (C=O) groups excluding carboxylic acids is 1. The standard InChI is InChI=1S/C11H14ClN3O3/c1-5(2)10(16)15-14-9-7(11(17)18)4-8(12)6(3)13-9/h4-5H,1-3H3,(H,13,14)(H,15,16)(H,17,18). The van der Waals surface area contributed by atoms with Crippen molar-refractivity contribution in [1.29, 1.82) is 0 Å². The number of aryl methyl sites for hydroxylation is 1. The van der Waals surface area contributed by atoms with Crippen LogP contribution in [0.15, 0.2) is 6.07 Å². The molecule has 1 aromatic rings. The number of hydrogen-bond acceptors (Lipinski definition) is 4. The highest BCUT2D eigenvalue weighted by atomic mass is 35.5. The lowest BCUT2D eigenvalue weighted by molar-refractivity contribution is -0.123. The van der Waals surface area contributed by atoms with Crippen LogP contribution in [0.5, 0.6) is 0 Å². The highest BCUT2D eigenvalue weighted by Crippen LogP contribution is 2.20. The molecule has 98 valence electrons. The summed E-state index contributed by atoms with van der Waals surface area (Å²) in [5.41, 5.74) is 5.25. The molecule has 1 rings (SSSR count). The first-order valence-corrected chi connectivity index (χ1v) is 5.67. The molecule has 0 radical (unpaired) electrons. The molecule has 0 saturated carbocycles. The van der Waals surface area contributed by atoms with E-state index in [2.05, 4.69) is 15.8 Å². The molecule has 0 aliphatic carbocycles. The van der Waals surface area contributed by atoms with Crippen LogP contribution in [-0.4, -0.2) is 22.0 Å². The third-order valence-corrected chi connectivity index (χ3v) is 2.59. The van der Waals surface area contributed by atoms with Crippen LogP contribution in [-0.2, 0) is 4.79 Å². The van der Waals surface area contributed by atoms with E-state index in [0.717, 1.165) is 0 Å². The van der Waals surface area contributed by atoms with Gasteiger partial charge in [-0.25, -0.2) is 9.78 Å². The van der Waals surface area contributed by atoms with Gasteiger partial charge in [0.1, 0.15) is 5.56 Å². The zero-order valence-electron chi connectivity index (χ0n) is 10.2. The second-order valence-corrected chi connectivity index (χ2v) is 4.43. The number of rotatable bonds is 4. The Hall–Kier alpha value is -1.82. The van der Waals surface area contributed by atoms with E-state index in [4.69, 9.17) is 16.7 Å². The molecular weight excluding hydrogens is 258 g/mol. The summed E-state index contributed by atoms with van der Waals surface area (Å²) in [6.07, 6.45) is 0. The molecule has 1 amide bonds. The number of amides is 1. The number of anilines is 1. The van der Waals surface area contributed by atoms with Gasteiger partial charge in [0.25, 0.3) is 0 Å². The van der Waals surface area contributed by atoms with Crippen LogP contribution in [0.4, 0.5) is 5.82 Å². The van der Waals surface area contributed by atoms with Crippen LogP contribution in [0.3, 0.4) is 0 Å². The molecule has 0 aliphatic heterocycles. The number of carbonyl (C=O) groups is 2. The quantitative estimate of drug-likeness (QED) is 0.727. The molecular formula is C11H14ClN3O3. The molecule has 0 fully saturated rings. The largest absolute Gasteiger partial charge is 0.478 e. The number of hydrogen-bond donors (Lipinski definition) is 3. The summed E-state index contributed by atoms with van der Waals surface area (Å²) in [4.78, 5) is 26.4. The fourth-order valence-electron chi connectivity index (χ4n) is 1.10. The smallest absolute Gasteiger partial charge is 0.339 e. The predicted molar refractivity (Wildman–Crippen MR) is 67.5 cm³/mol. The van der Waals surface area contributed by atoms with E-state index < -0.39 is 5.97 Å². The molecule has 0 aliphatic rings. The van der Waals surface area contributed by atoms with Gasteiger partial charge in [-0.05, 0) is 13.0 Å². The minimum atomic E-state index is -1.18. The minimum Gasteiger partial charge on any atom is -0.478 e. The van der Waals surface area contributed by atoms with Crippen LogP contribution >= 0.6 is 11.6 Å². The Labute approximate surface area is 109 Å². The lowest BCUT2D eigenvalue weighted by Crippen LogP contribution is -2.34. The van der Waals surface area contributed by atoms with Crippen molar-refractivity contribution < 1.29 is 14.7 Å². The maximum Gasteiger partial charge on any atom is 0.339 e. The number of aromatic carboxylic acids is 1. The minimum absolute atomic E-state index is 0.0541. The number of aromatic nitrogens is 1. The van der Waals surface area contributed by atoms with Crippen molar-refractivity contribution >= 4 is 29.3 Å². The number of carboxylic acid groups (broad SMARTS) is 1. The zero-order chi connectivity index (χ0) is 13.9. The Bertz CT molecular complexity index is 489. The highest BCUT2D eigenvalue weighted by molar-refractivity contribution is 6.31. The fourth-order valence-corrected chi connectivity index (χ4v) is 1.26. The summed E-state index contributed by atoms with van der Waals surface area (Å²) in [5.74, 6) is -1.61. The maximum absolute atomic E-state index is 11.4. The van der Waals surface area contributed by atoms with Gasteiger partial charge in [0.2, 0.25) is 5.91 Å². The summed E-state index contributed by atoms with van der Waals surface area (Å²) < 4.78 is 0. The maximum atomic E-state index is 11.4. The summed E-state index contributed by atoms with van der Waals surface area (Å²) >= 11 is 5.80. The summed E-state index contributed by atoms with van der Waals surface area (Å²) in [6.45, 7) is 5.08. The molecule has 3 N–H and O–H groups in total. The monoisotopic (exact) mass is 271 g/mol. The zero-order valence-corrected chi connectivity index (χ0v) is 11.0. The SMILES string of the molecule is Cc1nc(NNC(=O)C(C)C)c(C(=O)O)cc1Cl. The van der Waals surface area contributed by atoms with Crippen molar-refractivity contribution in [1.82, 2.24) is 10.4 Å². The van der Waals surface area contributed by atoms with Crippen molar-refractivity contribution in [3.8, 4) is 0 Å². The predicted octanol–water partition coefficient (Wildman–Crippen LogP) is 1.84.